The summed E-state index contributed by atoms with van der Waals surface area (Å²) in [7, 11) is 1.65. The van der Waals surface area contributed by atoms with Crippen LogP contribution in [0.15, 0.2) is 48.5 Å². The standard InChI is InChI=1S/C28H33FN2O3/c1-34-23-9-7-21(8-10-23)28(11-2-3-12-28)26(33)31-15-13-27(14-16-31)18-25(32)30-19-24(27)20-5-4-6-22(29)17-20/h4-10,17,24H,2-3,11-16,18-19H2,1H3,(H,30,32). The van der Waals surface area contributed by atoms with Gasteiger partial charge in [0.15, 0.2) is 0 Å². The molecule has 5 rings (SSSR count). The first-order valence-electron chi connectivity index (χ1n) is 12.4. The van der Waals surface area contributed by atoms with E-state index in [4.69, 9.17) is 4.74 Å². The van der Waals surface area contributed by atoms with Gasteiger partial charge in [-0.3, -0.25) is 9.59 Å². The third kappa shape index (κ3) is 3.97. The van der Waals surface area contributed by atoms with Crippen LogP contribution in [0.3, 0.4) is 0 Å². The van der Waals surface area contributed by atoms with Crippen molar-refractivity contribution < 1.29 is 18.7 Å². The van der Waals surface area contributed by atoms with Crippen LogP contribution in [0.1, 0.15) is 62.0 Å². The molecule has 2 amide bonds. The van der Waals surface area contributed by atoms with Crippen molar-refractivity contribution in [3.8, 4) is 5.75 Å². The van der Waals surface area contributed by atoms with Crippen LogP contribution in [0.2, 0.25) is 0 Å². The van der Waals surface area contributed by atoms with E-state index in [0.29, 0.717) is 26.1 Å². The van der Waals surface area contributed by atoms with E-state index >= 15 is 0 Å². The minimum Gasteiger partial charge on any atom is -0.497 e. The molecule has 180 valence electrons. The quantitative estimate of drug-likeness (QED) is 0.722. The molecule has 3 aliphatic rings. The normalized spacial score (nSPS) is 23.5. The molecule has 2 heterocycles. The minimum atomic E-state index is -0.470. The molecule has 34 heavy (non-hydrogen) atoms. The highest BCUT2D eigenvalue weighted by atomic mass is 19.1. The lowest BCUT2D eigenvalue weighted by Crippen LogP contribution is -2.55. The number of hydrogen-bond acceptors (Lipinski definition) is 3. The molecule has 2 saturated heterocycles. The molecule has 0 aromatic heterocycles. The second kappa shape index (κ2) is 9.05. The van der Waals surface area contributed by atoms with Gasteiger partial charge in [0.25, 0.3) is 0 Å². The maximum Gasteiger partial charge on any atom is 0.233 e. The Labute approximate surface area is 200 Å². The first-order valence-corrected chi connectivity index (χ1v) is 12.4. The number of benzene rings is 2. The molecule has 2 aromatic carbocycles. The Bertz CT molecular complexity index is 1050. The number of likely N-dealkylation sites (tertiary alicyclic amines) is 1. The second-order valence-corrected chi connectivity index (χ2v) is 10.3. The summed E-state index contributed by atoms with van der Waals surface area (Å²) in [4.78, 5) is 28.4. The van der Waals surface area contributed by atoms with Crippen molar-refractivity contribution in [1.82, 2.24) is 10.2 Å². The maximum absolute atomic E-state index is 14.0. The lowest BCUT2D eigenvalue weighted by Gasteiger charge is -2.50. The van der Waals surface area contributed by atoms with E-state index in [-0.39, 0.29) is 29.0 Å². The highest BCUT2D eigenvalue weighted by molar-refractivity contribution is 5.89. The molecular weight excluding hydrogens is 431 g/mol. The Balaban J connectivity index is 1.37. The number of nitrogens with zero attached hydrogens (tertiary/aromatic N) is 1. The van der Waals surface area contributed by atoms with Gasteiger partial charge in [-0.2, -0.15) is 0 Å². The van der Waals surface area contributed by atoms with Gasteiger partial charge in [-0.05, 0) is 66.5 Å². The summed E-state index contributed by atoms with van der Waals surface area (Å²) in [6.07, 6.45) is 5.79. The number of carbonyl (C=O) groups is 2. The lowest BCUT2D eigenvalue weighted by atomic mass is 9.62. The predicted octanol–water partition coefficient (Wildman–Crippen LogP) is 4.56. The molecule has 3 fully saturated rings. The molecule has 2 aliphatic heterocycles. The summed E-state index contributed by atoms with van der Waals surface area (Å²) < 4.78 is 19.3. The van der Waals surface area contributed by atoms with Gasteiger partial charge in [0.05, 0.1) is 12.5 Å². The number of hydrogen-bond donors (Lipinski definition) is 1. The molecule has 1 unspecified atom stereocenters. The molecule has 1 atom stereocenters. The molecule has 0 radical (unpaired) electrons. The van der Waals surface area contributed by atoms with E-state index in [2.05, 4.69) is 5.32 Å². The third-order valence-corrected chi connectivity index (χ3v) is 8.56. The second-order valence-electron chi connectivity index (χ2n) is 10.3. The molecule has 1 aliphatic carbocycles. The Morgan fingerprint density at radius 3 is 2.41 bits per heavy atom. The lowest BCUT2D eigenvalue weighted by molar-refractivity contribution is -0.141. The van der Waals surface area contributed by atoms with E-state index in [1.807, 2.05) is 35.2 Å². The fourth-order valence-electron chi connectivity index (χ4n) is 6.63. The highest BCUT2D eigenvalue weighted by Gasteiger charge is 2.50. The van der Waals surface area contributed by atoms with Gasteiger partial charge in [0, 0.05) is 32.0 Å². The van der Waals surface area contributed by atoms with Crippen LogP contribution in [-0.4, -0.2) is 43.5 Å². The van der Waals surface area contributed by atoms with Crippen LogP contribution >= 0.6 is 0 Å². The summed E-state index contributed by atoms with van der Waals surface area (Å²) in [6.45, 7) is 1.79. The number of carbonyl (C=O) groups excluding carboxylic acids is 2. The van der Waals surface area contributed by atoms with Crippen molar-refractivity contribution in [2.75, 3.05) is 26.7 Å². The SMILES string of the molecule is COc1ccc(C2(C(=O)N3CCC4(CC3)CC(=O)NCC4c3cccc(F)c3)CCCC2)cc1. The summed E-state index contributed by atoms with van der Waals surface area (Å²) in [5.41, 5.74) is 1.30. The van der Waals surface area contributed by atoms with Crippen molar-refractivity contribution in [3.05, 3.63) is 65.5 Å². The smallest absolute Gasteiger partial charge is 0.233 e. The van der Waals surface area contributed by atoms with Gasteiger partial charge in [-0.25, -0.2) is 4.39 Å². The molecule has 6 heteroatoms. The van der Waals surface area contributed by atoms with Crippen molar-refractivity contribution in [2.24, 2.45) is 5.41 Å². The minimum absolute atomic E-state index is 0.0536. The molecule has 1 N–H and O–H groups in total. The number of amides is 2. The largest absolute Gasteiger partial charge is 0.497 e. The van der Waals surface area contributed by atoms with E-state index < -0.39 is 5.41 Å². The monoisotopic (exact) mass is 464 g/mol. The van der Waals surface area contributed by atoms with Crippen molar-refractivity contribution in [2.45, 2.75) is 56.3 Å². The van der Waals surface area contributed by atoms with Crippen molar-refractivity contribution in [1.29, 1.82) is 0 Å². The first-order chi connectivity index (χ1) is 16.5. The van der Waals surface area contributed by atoms with Crippen LogP contribution in [-0.2, 0) is 15.0 Å². The number of halogens is 1. The Morgan fingerprint density at radius 2 is 1.76 bits per heavy atom. The fraction of sp³-hybridized carbons (Fsp3) is 0.500. The van der Waals surface area contributed by atoms with Crippen LogP contribution in [0, 0.1) is 11.2 Å². The average molecular weight is 465 g/mol. The maximum atomic E-state index is 14.0. The van der Waals surface area contributed by atoms with E-state index in [1.54, 1.807) is 19.2 Å². The molecule has 2 aromatic rings. The number of nitrogens with one attached hydrogen (secondary N) is 1. The Hall–Kier alpha value is -2.89. The summed E-state index contributed by atoms with van der Waals surface area (Å²) in [5.74, 6) is 0.869. The number of rotatable bonds is 4. The molecule has 1 saturated carbocycles. The predicted molar refractivity (Wildman–Crippen MR) is 128 cm³/mol. The third-order valence-electron chi connectivity index (χ3n) is 8.56. The zero-order valence-corrected chi connectivity index (χ0v) is 19.8. The summed E-state index contributed by atoms with van der Waals surface area (Å²) in [6, 6.07) is 14.7. The Kier molecular flexibility index (Phi) is 6.09. The van der Waals surface area contributed by atoms with Gasteiger partial charge in [-0.1, -0.05) is 37.1 Å². The van der Waals surface area contributed by atoms with Crippen LogP contribution in [0.25, 0.3) is 0 Å². The van der Waals surface area contributed by atoms with Crippen molar-refractivity contribution >= 4 is 11.8 Å². The number of methoxy groups -OCH3 is 1. The summed E-state index contributed by atoms with van der Waals surface area (Å²) in [5, 5.41) is 2.99. The molecular formula is C28H33FN2O3. The molecule has 1 spiro atoms. The fourth-order valence-corrected chi connectivity index (χ4v) is 6.63. The van der Waals surface area contributed by atoms with Gasteiger partial charge < -0.3 is 15.0 Å². The first kappa shape index (κ1) is 22.9. The van der Waals surface area contributed by atoms with E-state index in [1.165, 1.54) is 6.07 Å². The molecule has 5 nitrogen and oxygen atoms in total. The summed E-state index contributed by atoms with van der Waals surface area (Å²) >= 11 is 0. The Morgan fingerprint density at radius 1 is 1.06 bits per heavy atom. The van der Waals surface area contributed by atoms with Crippen molar-refractivity contribution in [3.63, 3.8) is 0 Å². The zero-order valence-electron chi connectivity index (χ0n) is 19.8. The number of piperidine rings is 2. The van der Waals surface area contributed by atoms with Gasteiger partial charge >= 0.3 is 0 Å². The van der Waals surface area contributed by atoms with Gasteiger partial charge in [0.2, 0.25) is 11.8 Å². The highest BCUT2D eigenvalue weighted by Crippen LogP contribution is 2.50. The van der Waals surface area contributed by atoms with Crippen LogP contribution in [0.4, 0.5) is 4.39 Å². The topological polar surface area (TPSA) is 58.6 Å². The average Bonchev–Trinajstić information content (AvgIpc) is 3.35. The zero-order chi connectivity index (χ0) is 23.8. The van der Waals surface area contributed by atoms with Crippen LogP contribution in [0.5, 0.6) is 5.75 Å². The van der Waals surface area contributed by atoms with E-state index in [9.17, 15) is 14.0 Å². The molecule has 0 bridgehead atoms. The van der Waals surface area contributed by atoms with Gasteiger partial charge in [0.1, 0.15) is 11.6 Å². The number of ether oxygens (including phenoxy) is 1. The van der Waals surface area contributed by atoms with Crippen LogP contribution < -0.4 is 10.1 Å². The van der Waals surface area contributed by atoms with Gasteiger partial charge in [-0.15, -0.1) is 0 Å². The van der Waals surface area contributed by atoms with E-state index in [0.717, 1.165) is 55.4 Å².